The third-order valence-electron chi connectivity index (χ3n) is 7.80. The summed E-state index contributed by atoms with van der Waals surface area (Å²) >= 11 is 0. The maximum atomic E-state index is 14.1. The number of hydrogen-bond acceptors (Lipinski definition) is 5. The molecule has 36 heavy (non-hydrogen) atoms. The average Bonchev–Trinajstić information content (AvgIpc) is 2.83. The van der Waals surface area contributed by atoms with E-state index < -0.39 is 41.1 Å². The summed E-state index contributed by atoms with van der Waals surface area (Å²) in [5, 5.41) is 30.3. The Hall–Kier alpha value is -3.61. The van der Waals surface area contributed by atoms with E-state index in [-0.39, 0.29) is 23.1 Å². The number of carboxylic acid groups (broad SMARTS) is 1. The fourth-order valence-corrected chi connectivity index (χ4v) is 6.09. The molecule has 5 atom stereocenters. The Morgan fingerprint density at radius 2 is 1.83 bits per heavy atom. The second-order valence-corrected chi connectivity index (χ2v) is 10.2. The lowest BCUT2D eigenvalue weighted by Crippen LogP contribution is -2.41. The van der Waals surface area contributed by atoms with Crippen LogP contribution in [0.5, 0.6) is 11.5 Å². The number of carbonyl (C=O) groups is 2. The lowest BCUT2D eigenvalue weighted by Gasteiger charge is -2.45. The molecular weight excluding hydrogens is 458 g/mol. The Kier molecular flexibility index (Phi) is 7.20. The maximum absolute atomic E-state index is 14.1. The zero-order valence-electron chi connectivity index (χ0n) is 20.8. The molecule has 0 unspecified atom stereocenters. The van der Waals surface area contributed by atoms with E-state index in [1.807, 2.05) is 32.1 Å². The van der Waals surface area contributed by atoms with E-state index in [2.05, 4.69) is 6.92 Å². The molecule has 0 spiro atoms. The Morgan fingerprint density at radius 3 is 2.47 bits per heavy atom. The van der Waals surface area contributed by atoms with Crippen LogP contribution in [0.1, 0.15) is 50.4 Å². The predicted octanol–water partition coefficient (Wildman–Crippen LogP) is 5.01. The molecule has 7 heteroatoms. The summed E-state index contributed by atoms with van der Waals surface area (Å²) < 4.78 is 0.951. The summed E-state index contributed by atoms with van der Waals surface area (Å²) in [6.45, 7) is 5.53. The second kappa shape index (κ2) is 10.2. The molecular formula is C29H33NO6. The van der Waals surface area contributed by atoms with Crippen LogP contribution in [0.2, 0.25) is 0 Å². The molecule has 2 aliphatic rings. The Bertz CT molecular complexity index is 1290. The van der Waals surface area contributed by atoms with Crippen LogP contribution in [-0.4, -0.2) is 31.6 Å². The highest BCUT2D eigenvalue weighted by Gasteiger charge is 2.44. The van der Waals surface area contributed by atoms with Gasteiger partial charge in [-0.2, -0.15) is 0 Å². The minimum absolute atomic E-state index is 0.0154. The molecule has 3 N–H and O–H groups in total. The van der Waals surface area contributed by atoms with Crippen molar-refractivity contribution < 1.29 is 24.9 Å². The molecule has 4 rings (SSSR count). The molecule has 7 nitrogen and oxygen atoms in total. The van der Waals surface area contributed by atoms with Crippen molar-refractivity contribution in [2.24, 2.45) is 29.6 Å². The van der Waals surface area contributed by atoms with Gasteiger partial charge in [-0.3, -0.25) is 14.4 Å². The number of aliphatic carboxylic acids is 1. The fraction of sp³-hybridized carbons (Fsp3) is 0.414. The molecule has 0 bridgehead atoms. The van der Waals surface area contributed by atoms with Crippen molar-refractivity contribution in [3.8, 4) is 22.6 Å². The van der Waals surface area contributed by atoms with Gasteiger partial charge in [0.2, 0.25) is 0 Å². The number of Topliss-reactive ketones (excluding diaryl/α,β-unsaturated/α-hetero) is 1. The Balaban J connectivity index is 1.88. The smallest absolute Gasteiger partial charge is 0.323 e. The van der Waals surface area contributed by atoms with Crippen LogP contribution in [0, 0.1) is 29.6 Å². The number of carboxylic acids is 1. The van der Waals surface area contributed by atoms with Gasteiger partial charge < -0.3 is 19.9 Å². The number of phenols is 1. The number of rotatable bonds is 6. The van der Waals surface area contributed by atoms with Crippen molar-refractivity contribution in [3.63, 3.8) is 0 Å². The van der Waals surface area contributed by atoms with E-state index >= 15 is 0 Å². The van der Waals surface area contributed by atoms with E-state index in [9.17, 15) is 29.7 Å². The van der Waals surface area contributed by atoms with Crippen molar-refractivity contribution in [1.29, 1.82) is 0 Å². The number of allylic oxidation sites excluding steroid dienone is 4. The molecule has 2 aromatic rings. The monoisotopic (exact) mass is 491 g/mol. The topological polar surface area (TPSA) is 117 Å². The number of aromatic nitrogens is 1. The lowest BCUT2D eigenvalue weighted by molar-refractivity contribution is -0.137. The maximum Gasteiger partial charge on any atom is 0.323 e. The van der Waals surface area contributed by atoms with Gasteiger partial charge in [-0.1, -0.05) is 49.3 Å². The number of hydrogen-bond donors (Lipinski definition) is 3. The van der Waals surface area contributed by atoms with Gasteiger partial charge in [-0.05, 0) is 68.1 Å². The van der Waals surface area contributed by atoms with Gasteiger partial charge in [-0.15, -0.1) is 0 Å². The van der Waals surface area contributed by atoms with Crippen LogP contribution in [0.15, 0.2) is 59.1 Å². The largest absolute Gasteiger partial charge is 0.508 e. The molecule has 190 valence electrons. The van der Waals surface area contributed by atoms with E-state index in [1.165, 1.54) is 30.5 Å². The number of nitrogens with zero attached hydrogens (tertiary/aromatic N) is 1. The molecule has 1 fully saturated rings. The number of aromatic hydroxyl groups is 2. The first-order valence-electron chi connectivity index (χ1n) is 12.4. The highest BCUT2D eigenvalue weighted by molar-refractivity contribution is 6.03. The molecule has 0 radical (unpaired) electrons. The van der Waals surface area contributed by atoms with Gasteiger partial charge in [0.25, 0.3) is 5.56 Å². The van der Waals surface area contributed by atoms with Gasteiger partial charge >= 0.3 is 5.97 Å². The van der Waals surface area contributed by atoms with E-state index in [1.54, 1.807) is 0 Å². The van der Waals surface area contributed by atoms with Crippen molar-refractivity contribution in [1.82, 2.24) is 4.57 Å². The molecule has 0 aliphatic heterocycles. The summed E-state index contributed by atoms with van der Waals surface area (Å²) in [7, 11) is 0. The number of carbonyl (C=O) groups excluding carboxylic acids is 1. The summed E-state index contributed by atoms with van der Waals surface area (Å²) in [5.74, 6) is -1.78. The SMILES string of the molecule is C/C=C/[C@@H]1[C@H]2C[C@@H](C)CC[C@@H]2C(C)=C[C@H]1C(=O)c1c(O)c(-c2ccc(O)cc2)cn(CC(=O)O)c1=O. The molecule has 0 saturated heterocycles. The summed E-state index contributed by atoms with van der Waals surface area (Å²) in [6.07, 6.45) is 10.4. The molecule has 2 aliphatic carbocycles. The van der Waals surface area contributed by atoms with E-state index in [4.69, 9.17) is 0 Å². The minimum atomic E-state index is -1.24. The third kappa shape index (κ3) is 4.74. The number of pyridine rings is 1. The molecule has 1 aromatic heterocycles. The molecule has 1 saturated carbocycles. The van der Waals surface area contributed by atoms with Crippen molar-refractivity contribution in [2.45, 2.75) is 46.6 Å². The quantitative estimate of drug-likeness (QED) is 0.386. The first-order chi connectivity index (χ1) is 17.1. The first-order valence-corrected chi connectivity index (χ1v) is 12.4. The van der Waals surface area contributed by atoms with E-state index in [0.717, 1.165) is 29.4 Å². The third-order valence-corrected chi connectivity index (χ3v) is 7.80. The van der Waals surface area contributed by atoms with Crippen LogP contribution >= 0.6 is 0 Å². The summed E-state index contributed by atoms with van der Waals surface area (Å²) in [5.41, 5.74) is 0.507. The van der Waals surface area contributed by atoms with Gasteiger partial charge in [0.1, 0.15) is 23.6 Å². The van der Waals surface area contributed by atoms with Gasteiger partial charge in [0.15, 0.2) is 5.78 Å². The number of phenolic OH excluding ortho intramolecular Hbond substituents is 1. The highest BCUT2D eigenvalue weighted by atomic mass is 16.4. The zero-order chi connectivity index (χ0) is 26.1. The predicted molar refractivity (Wildman–Crippen MR) is 137 cm³/mol. The summed E-state index contributed by atoms with van der Waals surface area (Å²) in [4.78, 5) is 38.9. The standard InChI is InChI=1S/C29H33NO6/c1-4-5-21-22-12-16(2)6-11-20(22)17(3)13-23(21)27(34)26-28(35)24(18-7-9-19(31)10-8-18)14-30(29(26)36)15-25(32)33/h4-5,7-10,13-14,16,20-23,31,35H,6,11-12,15H2,1-3H3,(H,32,33)/b5-4+/t16-,20+,21+,22-,23+/m0/s1. The summed E-state index contributed by atoms with van der Waals surface area (Å²) in [6, 6.07) is 5.91. The van der Waals surface area contributed by atoms with Crippen molar-refractivity contribution >= 4 is 11.8 Å². The number of benzene rings is 1. The van der Waals surface area contributed by atoms with Crippen LogP contribution in [0.3, 0.4) is 0 Å². The van der Waals surface area contributed by atoms with Crippen LogP contribution in [0.4, 0.5) is 0 Å². The van der Waals surface area contributed by atoms with Gasteiger partial charge in [0.05, 0.1) is 0 Å². The van der Waals surface area contributed by atoms with Gasteiger partial charge in [-0.25, -0.2) is 0 Å². The van der Waals surface area contributed by atoms with Crippen LogP contribution in [-0.2, 0) is 11.3 Å². The van der Waals surface area contributed by atoms with Crippen molar-refractivity contribution in [3.05, 3.63) is 70.2 Å². The van der Waals surface area contributed by atoms with Gasteiger partial charge in [0, 0.05) is 17.7 Å². The first kappa shape index (κ1) is 25.5. The Labute approximate surface area is 210 Å². The van der Waals surface area contributed by atoms with Crippen molar-refractivity contribution in [2.75, 3.05) is 0 Å². The molecule has 1 heterocycles. The van der Waals surface area contributed by atoms with Crippen LogP contribution < -0.4 is 5.56 Å². The number of ketones is 1. The lowest BCUT2D eigenvalue weighted by atomic mass is 9.59. The normalized spacial score (nSPS) is 25.9. The van der Waals surface area contributed by atoms with E-state index in [0.29, 0.717) is 17.4 Å². The fourth-order valence-electron chi connectivity index (χ4n) is 6.09. The molecule has 1 aromatic carbocycles. The number of fused-ring (bicyclic) bond motifs is 1. The highest BCUT2D eigenvalue weighted by Crippen LogP contribution is 2.49. The molecule has 0 amide bonds. The second-order valence-electron chi connectivity index (χ2n) is 10.2. The minimum Gasteiger partial charge on any atom is -0.508 e. The average molecular weight is 492 g/mol. The zero-order valence-corrected chi connectivity index (χ0v) is 20.8. The Morgan fingerprint density at radius 1 is 1.14 bits per heavy atom. The van der Waals surface area contributed by atoms with Crippen LogP contribution in [0.25, 0.3) is 11.1 Å².